The Balaban J connectivity index is 1.45. The Morgan fingerprint density at radius 1 is 0.433 bits per heavy atom. The van der Waals surface area contributed by atoms with Crippen LogP contribution >= 0.6 is 0 Å². The number of fused-ring (bicyclic) bond motifs is 4. The minimum absolute atomic E-state index is 0.848. The van der Waals surface area contributed by atoms with Gasteiger partial charge in [-0.2, -0.15) is 0 Å². The van der Waals surface area contributed by atoms with Gasteiger partial charge in [0.05, 0.1) is 22.8 Å². The first-order valence-corrected chi connectivity index (χ1v) is 11.6. The van der Waals surface area contributed by atoms with Gasteiger partial charge in [-0.15, -0.1) is 0 Å². The van der Waals surface area contributed by atoms with E-state index in [1.165, 1.54) is 38.5 Å². The molecule has 0 radical (unpaired) electrons. The topological polar surface area (TPSA) is 73.9 Å². The summed E-state index contributed by atoms with van der Waals surface area (Å²) in [6.45, 7) is 7.56. The van der Waals surface area contributed by atoms with Crippen LogP contribution in [0.15, 0.2) is 36.4 Å². The summed E-state index contributed by atoms with van der Waals surface area (Å²) in [5, 5.41) is 14.1. The van der Waals surface area contributed by atoms with Crippen molar-refractivity contribution in [2.24, 2.45) is 0 Å². The van der Waals surface area contributed by atoms with Crippen molar-refractivity contribution in [2.75, 3.05) is 26.2 Å². The zero-order valence-corrected chi connectivity index (χ0v) is 18.3. The second-order valence-electron chi connectivity index (χ2n) is 8.07. The Bertz CT molecular complexity index is 608. The van der Waals surface area contributed by atoms with Gasteiger partial charge < -0.3 is 21.3 Å². The van der Waals surface area contributed by atoms with E-state index >= 15 is 0 Å². The summed E-state index contributed by atoms with van der Waals surface area (Å²) in [7, 11) is 0. The largest absolute Gasteiger partial charge is 0.311 e. The molecule has 1 aliphatic heterocycles. The quantitative estimate of drug-likeness (QED) is 0.535. The summed E-state index contributed by atoms with van der Waals surface area (Å²) in [6.07, 6.45) is 7.25. The molecule has 0 unspecified atom stereocenters. The van der Waals surface area contributed by atoms with Crippen LogP contribution in [0.25, 0.3) is 0 Å². The van der Waals surface area contributed by atoms with Crippen molar-refractivity contribution in [1.82, 2.24) is 31.2 Å². The summed E-state index contributed by atoms with van der Waals surface area (Å²) >= 11 is 0. The maximum Gasteiger partial charge on any atom is 0.0545 e. The molecule has 0 aromatic carbocycles. The van der Waals surface area contributed by atoms with Crippen molar-refractivity contribution >= 4 is 0 Å². The van der Waals surface area contributed by atoms with Crippen LogP contribution in [-0.4, -0.2) is 36.1 Å². The maximum atomic E-state index is 4.77. The van der Waals surface area contributed by atoms with Gasteiger partial charge in [0.25, 0.3) is 0 Å². The minimum Gasteiger partial charge on any atom is -0.311 e. The zero-order chi connectivity index (χ0) is 20.7. The van der Waals surface area contributed by atoms with Gasteiger partial charge in [0.15, 0.2) is 0 Å². The average Bonchev–Trinajstić information content (AvgIpc) is 2.77. The Hall–Kier alpha value is -1.86. The lowest BCUT2D eigenvalue weighted by atomic mass is 10.2. The molecule has 0 amide bonds. The fourth-order valence-electron chi connectivity index (χ4n) is 3.67. The monoisotopic (exact) mass is 410 g/mol. The fraction of sp³-hybridized carbons (Fsp3) is 0.583. The molecule has 0 fully saturated rings. The third-order valence-corrected chi connectivity index (χ3v) is 5.37. The normalized spacial score (nSPS) is 18.9. The van der Waals surface area contributed by atoms with Gasteiger partial charge in [-0.1, -0.05) is 25.0 Å². The Kier molecular flexibility index (Phi) is 10.8. The highest BCUT2D eigenvalue weighted by atomic mass is 14.9. The molecule has 6 nitrogen and oxygen atoms in total. The number of aromatic nitrogens is 2. The standard InChI is InChI=1S/C24H38N6/c1-3-13-25-17-21-9-7-11-23(29-21)19-27-15-5-2-6-16-28-20-24-12-8-10-22(30-24)18-26-14-4-1/h7-12,25-28H,1-6,13-20H2. The zero-order valence-electron chi connectivity index (χ0n) is 18.3. The molecule has 164 valence electrons. The molecule has 30 heavy (non-hydrogen) atoms. The van der Waals surface area contributed by atoms with Crippen molar-refractivity contribution < 1.29 is 0 Å². The summed E-state index contributed by atoms with van der Waals surface area (Å²) in [4.78, 5) is 9.53. The molecule has 0 atom stereocenters. The summed E-state index contributed by atoms with van der Waals surface area (Å²) < 4.78 is 0. The van der Waals surface area contributed by atoms with Crippen LogP contribution in [0.4, 0.5) is 0 Å². The van der Waals surface area contributed by atoms with E-state index in [2.05, 4.69) is 57.7 Å². The van der Waals surface area contributed by atoms with Gasteiger partial charge in [-0.05, 0) is 76.1 Å². The minimum atomic E-state index is 0.848. The molecule has 4 N–H and O–H groups in total. The number of hydrogen-bond acceptors (Lipinski definition) is 6. The van der Waals surface area contributed by atoms with Gasteiger partial charge in [0.1, 0.15) is 0 Å². The van der Waals surface area contributed by atoms with Crippen LogP contribution in [0.1, 0.15) is 61.3 Å². The molecule has 0 saturated carbocycles. The van der Waals surface area contributed by atoms with Crippen LogP contribution in [0.3, 0.4) is 0 Å². The molecule has 3 rings (SSSR count). The predicted molar refractivity (Wildman–Crippen MR) is 123 cm³/mol. The molecular weight excluding hydrogens is 372 g/mol. The Morgan fingerprint density at radius 2 is 0.733 bits per heavy atom. The van der Waals surface area contributed by atoms with Crippen LogP contribution in [0.5, 0.6) is 0 Å². The van der Waals surface area contributed by atoms with Crippen molar-refractivity contribution in [2.45, 2.75) is 64.7 Å². The van der Waals surface area contributed by atoms with Crippen LogP contribution in [0.2, 0.25) is 0 Å². The molecule has 0 aliphatic carbocycles. The van der Waals surface area contributed by atoms with E-state index in [1.54, 1.807) is 0 Å². The Labute approximate surface area is 181 Å². The van der Waals surface area contributed by atoms with Crippen LogP contribution < -0.4 is 21.3 Å². The molecule has 0 spiro atoms. The van der Waals surface area contributed by atoms with E-state index in [4.69, 9.17) is 9.97 Å². The van der Waals surface area contributed by atoms with E-state index < -0.39 is 0 Å². The number of nitrogens with one attached hydrogen (secondary N) is 4. The van der Waals surface area contributed by atoms with Crippen LogP contribution in [0, 0.1) is 0 Å². The molecular formula is C24H38N6. The smallest absolute Gasteiger partial charge is 0.0545 e. The van der Waals surface area contributed by atoms with E-state index in [0.29, 0.717) is 0 Å². The number of nitrogens with zero attached hydrogens (tertiary/aromatic N) is 2. The van der Waals surface area contributed by atoms with E-state index in [-0.39, 0.29) is 0 Å². The first-order chi connectivity index (χ1) is 14.9. The third-order valence-electron chi connectivity index (χ3n) is 5.37. The van der Waals surface area contributed by atoms with E-state index in [9.17, 15) is 0 Å². The van der Waals surface area contributed by atoms with E-state index in [0.717, 1.165) is 75.1 Å². The summed E-state index contributed by atoms with van der Waals surface area (Å²) in [5.41, 5.74) is 4.52. The second kappa shape index (κ2) is 14.2. The lowest BCUT2D eigenvalue weighted by Crippen LogP contribution is -2.20. The fourth-order valence-corrected chi connectivity index (χ4v) is 3.67. The van der Waals surface area contributed by atoms with E-state index in [1.807, 2.05) is 0 Å². The molecule has 2 aromatic heterocycles. The van der Waals surface area contributed by atoms with Gasteiger partial charge in [-0.3, -0.25) is 9.97 Å². The highest BCUT2D eigenvalue weighted by molar-refractivity contribution is 5.12. The molecule has 4 bridgehead atoms. The van der Waals surface area contributed by atoms with Crippen LogP contribution in [-0.2, 0) is 26.2 Å². The summed E-state index contributed by atoms with van der Waals surface area (Å²) in [5.74, 6) is 0. The van der Waals surface area contributed by atoms with Gasteiger partial charge >= 0.3 is 0 Å². The van der Waals surface area contributed by atoms with Crippen molar-refractivity contribution in [3.8, 4) is 0 Å². The number of pyridine rings is 2. The molecule has 6 heteroatoms. The Morgan fingerprint density at radius 3 is 1.03 bits per heavy atom. The second-order valence-corrected chi connectivity index (χ2v) is 8.07. The van der Waals surface area contributed by atoms with Crippen molar-refractivity contribution in [3.05, 3.63) is 59.2 Å². The van der Waals surface area contributed by atoms with Gasteiger partial charge in [0.2, 0.25) is 0 Å². The molecule has 2 aromatic rings. The number of hydrogen-bond donors (Lipinski definition) is 4. The lowest BCUT2D eigenvalue weighted by Gasteiger charge is -2.09. The third kappa shape index (κ3) is 9.30. The summed E-state index contributed by atoms with van der Waals surface area (Å²) in [6, 6.07) is 12.7. The molecule has 1 aliphatic rings. The van der Waals surface area contributed by atoms with Gasteiger partial charge in [0, 0.05) is 26.2 Å². The highest BCUT2D eigenvalue weighted by Crippen LogP contribution is 2.03. The molecule has 0 saturated heterocycles. The first kappa shape index (κ1) is 22.8. The van der Waals surface area contributed by atoms with Crippen molar-refractivity contribution in [3.63, 3.8) is 0 Å². The molecule has 3 heterocycles. The van der Waals surface area contributed by atoms with Gasteiger partial charge in [-0.25, -0.2) is 0 Å². The first-order valence-electron chi connectivity index (χ1n) is 11.6. The predicted octanol–water partition coefficient (Wildman–Crippen LogP) is 2.89. The SMILES string of the molecule is c1cc2nc(c1)CNCCCCCNCc1cccc(n1)CNCCCCCNC2. The number of rotatable bonds is 0. The lowest BCUT2D eigenvalue weighted by molar-refractivity contribution is 0.556. The maximum absolute atomic E-state index is 4.77. The highest BCUT2D eigenvalue weighted by Gasteiger charge is 2.01. The van der Waals surface area contributed by atoms with Crippen molar-refractivity contribution in [1.29, 1.82) is 0 Å². The average molecular weight is 411 g/mol.